The maximum absolute atomic E-state index is 10.1. The van der Waals surface area contributed by atoms with E-state index in [1.165, 1.54) is 166 Å². The highest BCUT2D eigenvalue weighted by Gasteiger charge is 1.94. The maximum Gasteiger partial charge on any atom is 0.0549 e. The number of aliphatic carboxylic acids is 2. The van der Waals surface area contributed by atoms with E-state index in [0.29, 0.717) is 0 Å². The maximum atomic E-state index is 10.1. The van der Waals surface area contributed by atoms with E-state index in [4.69, 9.17) is 0 Å². The van der Waals surface area contributed by atoms with E-state index in [1.54, 1.807) is 0 Å². The largest absolute Gasteiger partial charge is 0.550 e. The minimum absolute atomic E-state index is 0.232. The van der Waals surface area contributed by atoms with E-state index in [9.17, 15) is 19.8 Å². The second-order valence-electron chi connectivity index (χ2n) is 13.0. The van der Waals surface area contributed by atoms with E-state index in [2.05, 4.69) is 41.5 Å². The monoisotopic (exact) mass is 693 g/mol. The zero-order chi connectivity index (χ0) is 35.2. The van der Waals surface area contributed by atoms with Gasteiger partial charge >= 0.3 is 0 Å². The Morgan fingerprint density at radius 2 is 0.522 bits per heavy atom. The van der Waals surface area contributed by atoms with Crippen molar-refractivity contribution in [2.45, 2.75) is 221 Å². The van der Waals surface area contributed by atoms with Crippen molar-refractivity contribution in [3.8, 4) is 0 Å². The molecule has 6 heteroatoms. The van der Waals surface area contributed by atoms with Crippen LogP contribution in [0.25, 0.3) is 0 Å². The average molecular weight is 693 g/mol. The van der Waals surface area contributed by atoms with Crippen molar-refractivity contribution >= 4 is 29.1 Å². The summed E-state index contributed by atoms with van der Waals surface area (Å²) in [5, 5.41) is 20.2. The Bertz CT molecular complexity index is 473. The number of hydrogen-bond acceptors (Lipinski definition) is 4. The van der Waals surface area contributed by atoms with Gasteiger partial charge in [0.2, 0.25) is 0 Å². The van der Waals surface area contributed by atoms with Crippen molar-refractivity contribution in [2.75, 3.05) is 24.6 Å². The lowest BCUT2D eigenvalue weighted by molar-refractivity contribution is -0.307. The summed E-state index contributed by atoms with van der Waals surface area (Å²) in [6, 6.07) is 0. The predicted octanol–water partition coefficient (Wildman–Crippen LogP) is 11.3. The molecular weight excluding hydrogens is 606 g/mol. The number of carboxylic acids is 2. The minimum atomic E-state index is -0.909. The average Bonchev–Trinajstić information content (AvgIpc) is 3.04. The molecule has 0 saturated heterocycles. The first-order valence-electron chi connectivity index (χ1n) is 20.4. The fourth-order valence-corrected chi connectivity index (χ4v) is 8.21. The van der Waals surface area contributed by atoms with Gasteiger partial charge in [0.15, 0.2) is 0 Å². The summed E-state index contributed by atoms with van der Waals surface area (Å²) >= 11 is 0. The fraction of sp³-hybridized carbons (Fsp3) is 0.950. The van der Waals surface area contributed by atoms with Crippen LogP contribution >= 0.6 is 17.2 Å². The summed E-state index contributed by atoms with van der Waals surface area (Å²) < 4.78 is 0. The van der Waals surface area contributed by atoms with Gasteiger partial charge in [0.25, 0.3) is 0 Å². The van der Waals surface area contributed by atoms with Gasteiger partial charge in [0.05, 0.1) is 24.6 Å². The van der Waals surface area contributed by atoms with Gasteiger partial charge in [0, 0.05) is 11.9 Å². The Kier molecular flexibility index (Phi) is 62.1. The zero-order valence-corrected chi connectivity index (χ0v) is 34.7. The lowest BCUT2D eigenvalue weighted by atomic mass is 10.1. The van der Waals surface area contributed by atoms with Gasteiger partial charge in [-0.05, 0) is 68.5 Å². The number of hydrogen-bond donors (Lipinski definition) is 0. The van der Waals surface area contributed by atoms with Gasteiger partial charge in [-0.3, -0.25) is 0 Å². The molecule has 46 heavy (non-hydrogen) atoms. The number of rotatable bonds is 32. The first-order valence-corrected chi connectivity index (χ1v) is 23.7. The molecule has 4 nitrogen and oxygen atoms in total. The predicted molar refractivity (Wildman–Crippen MR) is 212 cm³/mol. The van der Waals surface area contributed by atoms with Crippen LogP contribution in [0.4, 0.5) is 0 Å². The summed E-state index contributed by atoms with van der Waals surface area (Å²) in [6.07, 6.45) is 39.9. The van der Waals surface area contributed by atoms with E-state index >= 15 is 0 Å². The third-order valence-electron chi connectivity index (χ3n) is 8.02. The van der Waals surface area contributed by atoms with Gasteiger partial charge < -0.3 is 19.8 Å². The molecule has 0 saturated carbocycles. The Morgan fingerprint density at radius 3 is 0.717 bits per heavy atom. The first-order chi connectivity index (χ1) is 22.4. The molecule has 0 aliphatic rings. The molecule has 280 valence electrons. The van der Waals surface area contributed by atoms with Crippen LogP contribution in [0.15, 0.2) is 0 Å². The molecule has 0 aromatic carbocycles. The molecular formula is C40H86O4P2. The van der Waals surface area contributed by atoms with Crippen LogP contribution in [-0.2, 0) is 9.59 Å². The Morgan fingerprint density at radius 1 is 0.326 bits per heavy atom. The molecule has 0 aliphatic carbocycles. The summed E-state index contributed by atoms with van der Waals surface area (Å²) in [5.41, 5.74) is 0. The molecule has 0 fully saturated rings. The summed E-state index contributed by atoms with van der Waals surface area (Å²) in [6.45, 7) is 13.6. The van der Waals surface area contributed by atoms with Crippen molar-refractivity contribution in [2.24, 2.45) is 0 Å². The van der Waals surface area contributed by atoms with Crippen molar-refractivity contribution in [1.29, 1.82) is 0 Å². The molecule has 0 atom stereocenters. The third kappa shape index (κ3) is 70.2. The Labute approximate surface area is 294 Å². The lowest BCUT2D eigenvalue weighted by Gasteiger charge is -2.02. The Hall–Kier alpha value is -0.200. The molecule has 0 N–H and O–H groups in total. The van der Waals surface area contributed by atoms with Crippen molar-refractivity contribution in [3.63, 3.8) is 0 Å². The second-order valence-corrected chi connectivity index (χ2v) is 16.5. The highest BCUT2D eigenvalue weighted by molar-refractivity contribution is 7.38. The summed E-state index contributed by atoms with van der Waals surface area (Å²) in [4.78, 5) is 20.2. The number of carbonyl (C=O) groups excluding carboxylic acids is 2. The SMILES string of the molecule is CCCCCCCCCCCC(=O)[O-].CCCCCCCCCCCC(=O)[O-].CCCC[PH2+]CCCC.CCCC[PH2+]CCCC. The summed E-state index contributed by atoms with van der Waals surface area (Å²) in [7, 11) is 1.64. The van der Waals surface area contributed by atoms with Crippen LogP contribution in [-0.4, -0.2) is 36.6 Å². The Balaban J connectivity index is -0.000000261. The number of unbranched alkanes of at least 4 members (excludes halogenated alkanes) is 20. The highest BCUT2D eigenvalue weighted by atomic mass is 31.1. The minimum Gasteiger partial charge on any atom is -0.550 e. The van der Waals surface area contributed by atoms with Crippen LogP contribution in [0, 0.1) is 0 Å². The fourth-order valence-electron chi connectivity index (χ4n) is 4.84. The van der Waals surface area contributed by atoms with Gasteiger partial charge in [0.1, 0.15) is 0 Å². The van der Waals surface area contributed by atoms with Gasteiger partial charge in [-0.25, -0.2) is 0 Å². The van der Waals surface area contributed by atoms with Gasteiger partial charge in [-0.1, -0.05) is 170 Å². The molecule has 0 aromatic heterocycles. The molecule has 0 bridgehead atoms. The van der Waals surface area contributed by atoms with Crippen LogP contribution in [0.2, 0.25) is 0 Å². The molecule has 0 aliphatic heterocycles. The van der Waals surface area contributed by atoms with Crippen LogP contribution in [0.5, 0.6) is 0 Å². The van der Waals surface area contributed by atoms with Gasteiger partial charge in [-0.2, -0.15) is 0 Å². The van der Waals surface area contributed by atoms with Crippen LogP contribution < -0.4 is 10.2 Å². The number of carboxylic acid groups (broad SMARTS) is 2. The molecule has 0 aromatic rings. The summed E-state index contributed by atoms with van der Waals surface area (Å²) in [5.74, 6) is -1.82. The van der Waals surface area contributed by atoms with Gasteiger partial charge in [-0.15, -0.1) is 0 Å². The van der Waals surface area contributed by atoms with Crippen LogP contribution in [0.3, 0.4) is 0 Å². The van der Waals surface area contributed by atoms with Crippen LogP contribution in [0.1, 0.15) is 221 Å². The second kappa shape index (κ2) is 54.3. The van der Waals surface area contributed by atoms with Crippen molar-refractivity contribution < 1.29 is 19.8 Å². The number of carbonyl (C=O) groups is 2. The first kappa shape index (κ1) is 52.6. The van der Waals surface area contributed by atoms with E-state index in [-0.39, 0.29) is 12.8 Å². The van der Waals surface area contributed by atoms with Crippen molar-refractivity contribution in [3.05, 3.63) is 0 Å². The highest BCUT2D eigenvalue weighted by Crippen LogP contribution is 2.15. The molecule has 0 spiro atoms. The normalized spacial score (nSPS) is 10.2. The third-order valence-corrected chi connectivity index (χ3v) is 11.3. The zero-order valence-electron chi connectivity index (χ0n) is 32.4. The molecule has 0 rings (SSSR count). The lowest BCUT2D eigenvalue weighted by Crippen LogP contribution is -2.21. The molecule has 0 radical (unpaired) electrons. The quantitative estimate of drug-likeness (QED) is 0.0519. The topological polar surface area (TPSA) is 80.3 Å². The molecule has 0 amide bonds. The standard InChI is InChI=1S/2C12H24O2.2C8H19P/c2*1-2-3-4-5-6-7-8-9-10-11-12(13)14;2*1-3-5-7-9-8-6-4-2/h2*2-11H2,1H3,(H,13,14);2*9H,3-8H2,1-2H3. The molecule has 0 unspecified atom stereocenters. The smallest absolute Gasteiger partial charge is 0.0549 e. The van der Waals surface area contributed by atoms with E-state index in [0.717, 1.165) is 42.8 Å². The van der Waals surface area contributed by atoms with E-state index < -0.39 is 11.9 Å². The molecule has 0 heterocycles. The van der Waals surface area contributed by atoms with Crippen molar-refractivity contribution in [1.82, 2.24) is 0 Å². The van der Waals surface area contributed by atoms with E-state index in [1.807, 2.05) is 0 Å².